The Labute approximate surface area is 211 Å². The number of rotatable bonds is 3. The van der Waals surface area contributed by atoms with Gasteiger partial charge in [-0.2, -0.15) is 4.57 Å². The predicted molar refractivity (Wildman–Crippen MR) is 138 cm³/mol. The zero-order valence-electron chi connectivity index (χ0n) is 19.3. The molecule has 0 N–H and O–H groups in total. The van der Waals surface area contributed by atoms with Crippen molar-refractivity contribution in [3.8, 4) is 28.1 Å². The normalized spacial score (nSPS) is 15.1. The number of hydrogen-bond acceptors (Lipinski definition) is 0. The van der Waals surface area contributed by atoms with E-state index in [1.54, 1.807) is 0 Å². The first-order valence-corrected chi connectivity index (χ1v) is 12.4. The van der Waals surface area contributed by atoms with Crippen molar-refractivity contribution in [3.05, 3.63) is 108 Å². The summed E-state index contributed by atoms with van der Waals surface area (Å²) < 4.78 is 41.5. The van der Waals surface area contributed by atoms with Gasteiger partial charge in [-0.25, -0.2) is 0 Å². The molecule has 5 rings (SSSR count). The Hall–Kier alpha value is -2.93. The van der Waals surface area contributed by atoms with Crippen molar-refractivity contribution < 1.29 is 21.8 Å². The average Bonchev–Trinajstić information content (AvgIpc) is 2.84. The van der Waals surface area contributed by atoms with Gasteiger partial charge in [0.05, 0.1) is 4.83 Å². The van der Waals surface area contributed by atoms with Crippen LogP contribution in [0.3, 0.4) is 0 Å². The van der Waals surface area contributed by atoms with Gasteiger partial charge < -0.3 is 17.3 Å². The topological polar surface area (TPSA) is 3.88 Å². The second kappa shape index (κ2) is 10.8. The fourth-order valence-electron chi connectivity index (χ4n) is 4.55. The largest absolute Gasteiger partial charge is 0.673 e. The van der Waals surface area contributed by atoms with Crippen molar-refractivity contribution >= 4 is 23.2 Å². The van der Waals surface area contributed by atoms with Crippen LogP contribution in [0.4, 0.5) is 17.3 Å². The van der Waals surface area contributed by atoms with Crippen molar-refractivity contribution in [2.75, 3.05) is 0 Å². The molecule has 1 aliphatic carbocycles. The lowest BCUT2D eigenvalue weighted by atomic mass is 9.87. The minimum atomic E-state index is -6.00. The molecular formula is C28H25BBrF4N. The summed E-state index contributed by atoms with van der Waals surface area (Å²) in [6, 6.07) is 32.9. The predicted octanol–water partition coefficient (Wildman–Crippen LogP) is 8.68. The number of alkyl halides is 1. The van der Waals surface area contributed by atoms with Crippen LogP contribution in [0.25, 0.3) is 28.1 Å². The second-order valence-corrected chi connectivity index (χ2v) is 9.67. The van der Waals surface area contributed by atoms with Crippen molar-refractivity contribution in [1.29, 1.82) is 0 Å². The minimum Gasteiger partial charge on any atom is -0.418 e. The molecule has 7 heteroatoms. The van der Waals surface area contributed by atoms with E-state index < -0.39 is 7.25 Å². The van der Waals surface area contributed by atoms with Crippen LogP contribution in [0.5, 0.6) is 0 Å². The van der Waals surface area contributed by atoms with Crippen LogP contribution in [-0.2, 0) is 6.42 Å². The van der Waals surface area contributed by atoms with E-state index in [0.29, 0.717) is 4.83 Å². The summed E-state index contributed by atoms with van der Waals surface area (Å²) in [5.74, 6) is 0. The fourth-order valence-corrected chi connectivity index (χ4v) is 5.35. The molecule has 0 saturated carbocycles. The van der Waals surface area contributed by atoms with E-state index in [1.807, 2.05) is 0 Å². The Bertz CT molecular complexity index is 1270. The Morgan fingerprint density at radius 2 is 1.34 bits per heavy atom. The molecule has 4 aromatic rings. The van der Waals surface area contributed by atoms with Gasteiger partial charge in [-0.3, -0.25) is 0 Å². The van der Waals surface area contributed by atoms with E-state index in [2.05, 4.69) is 118 Å². The summed E-state index contributed by atoms with van der Waals surface area (Å²) in [5, 5.41) is 0. The molecule has 0 radical (unpaired) electrons. The van der Waals surface area contributed by atoms with Gasteiger partial charge in [0.2, 0.25) is 17.1 Å². The fraction of sp³-hybridized carbons (Fsp3) is 0.179. The number of halogens is 5. The molecular weight excluding hydrogens is 517 g/mol. The summed E-state index contributed by atoms with van der Waals surface area (Å²) in [7, 11) is -6.00. The summed E-state index contributed by atoms with van der Waals surface area (Å²) in [5.41, 5.74) is 10.5. The van der Waals surface area contributed by atoms with E-state index in [9.17, 15) is 17.3 Å². The summed E-state index contributed by atoms with van der Waals surface area (Å²) in [6.45, 7) is 2.15. The Morgan fingerprint density at radius 1 is 0.800 bits per heavy atom. The summed E-state index contributed by atoms with van der Waals surface area (Å²) in [6.07, 6.45) is 3.48. The van der Waals surface area contributed by atoms with Crippen LogP contribution in [0, 0.1) is 6.92 Å². The average molecular weight is 542 g/mol. The van der Waals surface area contributed by atoms with E-state index >= 15 is 0 Å². The third-order valence-corrected chi connectivity index (χ3v) is 6.92. The van der Waals surface area contributed by atoms with Crippen molar-refractivity contribution in [3.63, 3.8) is 0 Å². The van der Waals surface area contributed by atoms with Gasteiger partial charge in [0.15, 0.2) is 0 Å². The SMILES string of the molecule is Cc1ccc(-[n+]2c(-c3ccccc3)cc(-c3ccccc3)c3c2C(Br)CCC3)cc1.F[B-](F)(F)F. The molecule has 180 valence electrons. The first kappa shape index (κ1) is 25.2. The standard InChI is InChI=1S/C28H25BrN.BF4/c1-20-15-17-23(18-16-20)30-27(22-11-6-3-7-12-22)19-25(21-9-4-2-5-10-21)24-13-8-14-26(29)28(24)30;2-1(3,4)5/h2-7,9-12,15-19,26H,8,13-14H2,1H3;/q+1;-1. The van der Waals surface area contributed by atoms with Gasteiger partial charge >= 0.3 is 7.25 Å². The summed E-state index contributed by atoms with van der Waals surface area (Å²) >= 11 is 4.04. The number of aryl methyl sites for hydroxylation is 1. The highest BCUT2D eigenvalue weighted by Crippen LogP contribution is 2.41. The maximum Gasteiger partial charge on any atom is 0.673 e. The van der Waals surface area contributed by atoms with Crippen molar-refractivity contribution in [2.45, 2.75) is 31.0 Å². The molecule has 0 bridgehead atoms. The highest BCUT2D eigenvalue weighted by Gasteiger charge is 2.34. The molecule has 0 saturated heterocycles. The number of aromatic nitrogens is 1. The Kier molecular flexibility index (Phi) is 7.75. The molecule has 0 fully saturated rings. The summed E-state index contributed by atoms with van der Waals surface area (Å²) in [4.78, 5) is 0.341. The van der Waals surface area contributed by atoms with Gasteiger partial charge in [0.1, 0.15) is 0 Å². The van der Waals surface area contributed by atoms with Gasteiger partial charge in [0.25, 0.3) is 0 Å². The molecule has 1 atom stereocenters. The first-order valence-electron chi connectivity index (χ1n) is 11.5. The monoisotopic (exact) mass is 541 g/mol. The molecule has 3 aromatic carbocycles. The van der Waals surface area contributed by atoms with E-state index in [0.717, 1.165) is 12.8 Å². The van der Waals surface area contributed by atoms with Gasteiger partial charge in [-0.05, 0) is 49.4 Å². The van der Waals surface area contributed by atoms with Gasteiger partial charge in [-0.15, -0.1) is 0 Å². The maximum absolute atomic E-state index is 9.75. The lowest BCUT2D eigenvalue weighted by Gasteiger charge is -2.23. The molecule has 1 unspecified atom stereocenters. The third kappa shape index (κ3) is 6.20. The molecule has 1 heterocycles. The molecule has 1 aliphatic rings. The van der Waals surface area contributed by atoms with Crippen LogP contribution in [0.15, 0.2) is 91.0 Å². The van der Waals surface area contributed by atoms with Gasteiger partial charge in [-0.1, -0.05) is 82.2 Å². The lowest BCUT2D eigenvalue weighted by Crippen LogP contribution is -2.41. The molecule has 0 amide bonds. The maximum atomic E-state index is 9.75. The van der Waals surface area contributed by atoms with Crippen LogP contribution in [0.1, 0.15) is 34.5 Å². The van der Waals surface area contributed by atoms with E-state index in [-0.39, 0.29) is 0 Å². The number of benzene rings is 3. The minimum absolute atomic E-state index is 0.341. The number of pyridine rings is 1. The smallest absolute Gasteiger partial charge is 0.418 e. The van der Waals surface area contributed by atoms with E-state index in [4.69, 9.17) is 0 Å². The first-order chi connectivity index (χ1) is 16.7. The number of fused-ring (bicyclic) bond motifs is 1. The number of hydrogen-bond donors (Lipinski definition) is 0. The number of nitrogens with zero attached hydrogens (tertiary/aromatic N) is 1. The van der Waals surface area contributed by atoms with Gasteiger partial charge in [0, 0.05) is 29.3 Å². The quantitative estimate of drug-likeness (QED) is 0.106. The van der Waals surface area contributed by atoms with Crippen LogP contribution >= 0.6 is 15.9 Å². The highest BCUT2D eigenvalue weighted by molar-refractivity contribution is 9.09. The molecule has 0 spiro atoms. The second-order valence-electron chi connectivity index (χ2n) is 8.56. The Balaban J connectivity index is 0.000000527. The molecule has 1 aromatic heterocycles. The van der Waals surface area contributed by atoms with Crippen LogP contribution < -0.4 is 4.57 Å². The Morgan fingerprint density at radius 3 is 1.91 bits per heavy atom. The van der Waals surface area contributed by atoms with E-state index in [1.165, 1.54) is 51.3 Å². The van der Waals surface area contributed by atoms with Crippen LogP contribution in [-0.4, -0.2) is 7.25 Å². The third-order valence-electron chi connectivity index (χ3n) is 6.02. The van der Waals surface area contributed by atoms with Crippen molar-refractivity contribution in [1.82, 2.24) is 0 Å². The molecule has 35 heavy (non-hydrogen) atoms. The zero-order valence-corrected chi connectivity index (χ0v) is 20.9. The van der Waals surface area contributed by atoms with Crippen molar-refractivity contribution in [2.24, 2.45) is 0 Å². The van der Waals surface area contributed by atoms with Crippen LogP contribution in [0.2, 0.25) is 0 Å². The zero-order chi connectivity index (χ0) is 25.0. The molecule has 1 nitrogen and oxygen atoms in total. The lowest BCUT2D eigenvalue weighted by molar-refractivity contribution is -0.593. The highest BCUT2D eigenvalue weighted by atomic mass is 79.9. The molecule has 0 aliphatic heterocycles.